The van der Waals surface area contributed by atoms with Crippen LogP contribution in [-0.4, -0.2) is 27.1 Å². The molecule has 4 rings (SSSR count). The molecule has 0 aliphatic carbocycles. The molecule has 3 aromatic rings. The van der Waals surface area contributed by atoms with Crippen LogP contribution in [0, 0.1) is 12.7 Å². The zero-order chi connectivity index (χ0) is 17.4. The number of nitrogens with zero attached hydrogens (tertiary/aromatic N) is 3. The maximum absolute atomic E-state index is 13.1. The Morgan fingerprint density at radius 1 is 1.08 bits per heavy atom. The Kier molecular flexibility index (Phi) is 3.84. The molecule has 1 aliphatic heterocycles. The zero-order valence-corrected chi connectivity index (χ0v) is 13.9. The van der Waals surface area contributed by atoms with Crippen LogP contribution in [-0.2, 0) is 13.0 Å². The third kappa shape index (κ3) is 2.93. The Labute approximate surface area is 145 Å². The monoisotopic (exact) mass is 335 g/mol. The number of hydrogen-bond donors (Lipinski definition) is 0. The predicted octanol–water partition coefficient (Wildman–Crippen LogP) is 3.52. The van der Waals surface area contributed by atoms with Gasteiger partial charge in [0.1, 0.15) is 5.82 Å². The summed E-state index contributed by atoms with van der Waals surface area (Å²) in [6, 6.07) is 16.1. The Bertz CT molecular complexity index is 930. The highest BCUT2D eigenvalue weighted by atomic mass is 19.1. The van der Waals surface area contributed by atoms with Crippen molar-refractivity contribution in [2.24, 2.45) is 0 Å². The van der Waals surface area contributed by atoms with Gasteiger partial charge in [-0.15, -0.1) is 0 Å². The van der Waals surface area contributed by atoms with Gasteiger partial charge in [0, 0.05) is 18.8 Å². The molecule has 0 atom stereocenters. The highest BCUT2D eigenvalue weighted by Crippen LogP contribution is 2.21. The van der Waals surface area contributed by atoms with Crippen LogP contribution >= 0.6 is 0 Å². The lowest BCUT2D eigenvalue weighted by atomic mass is 10.00. The normalized spacial score (nSPS) is 13.6. The number of rotatable bonds is 2. The second-order valence-electron chi connectivity index (χ2n) is 6.30. The molecule has 0 bridgehead atoms. The van der Waals surface area contributed by atoms with Crippen LogP contribution < -0.4 is 0 Å². The van der Waals surface area contributed by atoms with Crippen molar-refractivity contribution >= 4 is 5.91 Å². The predicted molar refractivity (Wildman–Crippen MR) is 93.1 cm³/mol. The lowest BCUT2D eigenvalue weighted by molar-refractivity contribution is 0.0728. The van der Waals surface area contributed by atoms with Gasteiger partial charge in [-0.25, -0.2) is 9.07 Å². The molecule has 0 saturated heterocycles. The van der Waals surface area contributed by atoms with Crippen LogP contribution in [0.2, 0.25) is 0 Å². The summed E-state index contributed by atoms with van der Waals surface area (Å²) >= 11 is 0. The van der Waals surface area contributed by atoms with Gasteiger partial charge in [0.15, 0.2) is 5.69 Å². The lowest BCUT2D eigenvalue weighted by Gasteiger charge is -2.28. The van der Waals surface area contributed by atoms with Crippen molar-refractivity contribution < 1.29 is 9.18 Å². The Morgan fingerprint density at radius 2 is 1.80 bits per heavy atom. The molecular formula is C20H18FN3O. The van der Waals surface area contributed by atoms with E-state index in [1.807, 2.05) is 24.0 Å². The lowest BCUT2D eigenvalue weighted by Crippen LogP contribution is -2.36. The summed E-state index contributed by atoms with van der Waals surface area (Å²) in [5.74, 6) is -0.365. The number of benzene rings is 2. The van der Waals surface area contributed by atoms with Crippen LogP contribution in [0.4, 0.5) is 4.39 Å². The number of fused-ring (bicyclic) bond motifs is 1. The van der Waals surface area contributed by atoms with Crippen molar-refractivity contribution in [1.29, 1.82) is 0 Å². The van der Waals surface area contributed by atoms with E-state index in [4.69, 9.17) is 0 Å². The van der Waals surface area contributed by atoms with Gasteiger partial charge in [-0.2, -0.15) is 5.10 Å². The van der Waals surface area contributed by atoms with E-state index in [1.165, 1.54) is 23.3 Å². The van der Waals surface area contributed by atoms with E-state index in [0.29, 0.717) is 18.8 Å². The van der Waals surface area contributed by atoms with E-state index in [2.05, 4.69) is 17.2 Å². The SMILES string of the molecule is Cc1cc(C(=O)N2CCc3ccccc3C2)nn1-c1ccc(F)cc1. The van der Waals surface area contributed by atoms with Gasteiger partial charge in [0.2, 0.25) is 0 Å². The Hall–Kier alpha value is -2.95. The van der Waals surface area contributed by atoms with E-state index >= 15 is 0 Å². The largest absolute Gasteiger partial charge is 0.333 e. The molecule has 0 N–H and O–H groups in total. The molecule has 1 aliphatic rings. The van der Waals surface area contributed by atoms with E-state index in [1.54, 1.807) is 22.9 Å². The summed E-state index contributed by atoms with van der Waals surface area (Å²) in [6.07, 6.45) is 0.861. The van der Waals surface area contributed by atoms with Crippen molar-refractivity contribution in [3.8, 4) is 5.69 Å². The fourth-order valence-electron chi connectivity index (χ4n) is 3.25. The zero-order valence-electron chi connectivity index (χ0n) is 13.9. The molecular weight excluding hydrogens is 317 g/mol. The van der Waals surface area contributed by atoms with Gasteiger partial charge in [-0.3, -0.25) is 4.79 Å². The number of amides is 1. The molecule has 0 fully saturated rings. The first kappa shape index (κ1) is 15.6. The number of hydrogen-bond acceptors (Lipinski definition) is 2. The van der Waals surface area contributed by atoms with Crippen molar-refractivity contribution in [3.63, 3.8) is 0 Å². The van der Waals surface area contributed by atoms with E-state index in [-0.39, 0.29) is 11.7 Å². The fraction of sp³-hybridized carbons (Fsp3) is 0.200. The quantitative estimate of drug-likeness (QED) is 0.719. The Morgan fingerprint density at radius 3 is 2.56 bits per heavy atom. The van der Waals surface area contributed by atoms with Gasteiger partial charge in [-0.05, 0) is 54.8 Å². The maximum Gasteiger partial charge on any atom is 0.274 e. The first-order valence-corrected chi connectivity index (χ1v) is 8.30. The summed E-state index contributed by atoms with van der Waals surface area (Å²) in [5, 5.41) is 4.44. The molecule has 126 valence electrons. The molecule has 4 nitrogen and oxygen atoms in total. The van der Waals surface area contributed by atoms with Crippen molar-refractivity contribution in [1.82, 2.24) is 14.7 Å². The van der Waals surface area contributed by atoms with Gasteiger partial charge >= 0.3 is 0 Å². The van der Waals surface area contributed by atoms with Crippen LogP contribution in [0.25, 0.3) is 5.69 Å². The molecule has 1 aromatic heterocycles. The van der Waals surface area contributed by atoms with Crippen molar-refractivity contribution in [2.45, 2.75) is 19.9 Å². The van der Waals surface area contributed by atoms with Gasteiger partial charge in [-0.1, -0.05) is 24.3 Å². The first-order valence-electron chi connectivity index (χ1n) is 8.30. The first-order chi connectivity index (χ1) is 12.1. The summed E-state index contributed by atoms with van der Waals surface area (Å²) in [5.41, 5.74) is 4.49. The Balaban J connectivity index is 1.59. The maximum atomic E-state index is 13.1. The highest BCUT2D eigenvalue weighted by Gasteiger charge is 2.24. The molecule has 5 heteroatoms. The average Bonchev–Trinajstić information content (AvgIpc) is 3.03. The molecule has 0 radical (unpaired) electrons. The fourth-order valence-corrected chi connectivity index (χ4v) is 3.25. The van der Waals surface area contributed by atoms with Crippen LogP contribution in [0.1, 0.15) is 27.3 Å². The topological polar surface area (TPSA) is 38.1 Å². The molecule has 0 unspecified atom stereocenters. The van der Waals surface area contributed by atoms with E-state index in [0.717, 1.165) is 17.8 Å². The molecule has 0 saturated carbocycles. The van der Waals surface area contributed by atoms with E-state index < -0.39 is 0 Å². The van der Waals surface area contributed by atoms with Crippen LogP contribution in [0.3, 0.4) is 0 Å². The summed E-state index contributed by atoms with van der Waals surface area (Å²) < 4.78 is 14.8. The minimum atomic E-state index is -0.295. The number of carbonyl (C=O) groups is 1. The summed E-state index contributed by atoms with van der Waals surface area (Å²) in [7, 11) is 0. The van der Waals surface area contributed by atoms with Gasteiger partial charge < -0.3 is 4.90 Å². The highest BCUT2D eigenvalue weighted by molar-refractivity contribution is 5.92. The van der Waals surface area contributed by atoms with E-state index in [9.17, 15) is 9.18 Å². The number of halogens is 1. The molecule has 0 spiro atoms. The molecule has 2 heterocycles. The average molecular weight is 335 g/mol. The third-order valence-electron chi connectivity index (χ3n) is 4.60. The molecule has 25 heavy (non-hydrogen) atoms. The number of carbonyl (C=O) groups excluding carboxylic acids is 1. The van der Waals surface area contributed by atoms with Gasteiger partial charge in [0.05, 0.1) is 5.69 Å². The van der Waals surface area contributed by atoms with Crippen LogP contribution in [0.5, 0.6) is 0 Å². The van der Waals surface area contributed by atoms with Crippen molar-refractivity contribution in [2.75, 3.05) is 6.54 Å². The number of aryl methyl sites for hydroxylation is 1. The second-order valence-corrected chi connectivity index (χ2v) is 6.30. The summed E-state index contributed by atoms with van der Waals surface area (Å²) in [4.78, 5) is 14.7. The third-order valence-corrected chi connectivity index (χ3v) is 4.60. The minimum absolute atomic E-state index is 0.0709. The minimum Gasteiger partial charge on any atom is -0.333 e. The second kappa shape index (κ2) is 6.16. The molecule has 2 aromatic carbocycles. The smallest absolute Gasteiger partial charge is 0.274 e. The van der Waals surface area contributed by atoms with Gasteiger partial charge in [0.25, 0.3) is 5.91 Å². The standard InChI is InChI=1S/C20H18FN3O/c1-14-12-19(22-24(14)18-8-6-17(21)7-9-18)20(25)23-11-10-15-4-2-3-5-16(15)13-23/h2-9,12H,10-11,13H2,1H3. The number of aromatic nitrogens is 2. The van der Waals surface area contributed by atoms with Crippen molar-refractivity contribution in [3.05, 3.63) is 82.9 Å². The molecule has 1 amide bonds. The summed E-state index contributed by atoms with van der Waals surface area (Å²) in [6.45, 7) is 3.19. The van der Waals surface area contributed by atoms with Crippen LogP contribution in [0.15, 0.2) is 54.6 Å².